The quantitative estimate of drug-likeness (QED) is 0.819. The molecule has 1 aliphatic heterocycles. The van der Waals surface area contributed by atoms with Crippen molar-refractivity contribution in [2.45, 2.75) is 38.5 Å². The lowest BCUT2D eigenvalue weighted by molar-refractivity contribution is -0.134. The lowest BCUT2D eigenvalue weighted by Gasteiger charge is -2.24. The van der Waals surface area contributed by atoms with Crippen LogP contribution >= 0.6 is 0 Å². The Morgan fingerprint density at radius 1 is 1.45 bits per heavy atom. The number of hydrogen-bond donors (Lipinski definition) is 0. The van der Waals surface area contributed by atoms with Crippen LogP contribution in [0.4, 0.5) is 4.39 Å². The summed E-state index contributed by atoms with van der Waals surface area (Å²) in [4.78, 5) is 13.7. The summed E-state index contributed by atoms with van der Waals surface area (Å²) < 4.78 is 20.2. The van der Waals surface area contributed by atoms with Crippen LogP contribution < -0.4 is 0 Å². The number of alkyl halides is 1. The van der Waals surface area contributed by atoms with Crippen molar-refractivity contribution in [1.82, 2.24) is 14.7 Å². The molecular formula is C14H20FN3O2. The van der Waals surface area contributed by atoms with Crippen molar-refractivity contribution in [3.8, 4) is 0 Å². The molecule has 3 rings (SSSR count). The van der Waals surface area contributed by atoms with Crippen molar-refractivity contribution < 1.29 is 13.9 Å². The maximum absolute atomic E-state index is 12.4. The Hall–Kier alpha value is -1.43. The largest absolute Gasteiger partial charge is 0.374 e. The second-order valence-electron chi connectivity index (χ2n) is 5.62. The van der Waals surface area contributed by atoms with Gasteiger partial charge in [-0.25, -0.2) is 0 Å². The lowest BCUT2D eigenvalue weighted by Crippen LogP contribution is -2.37. The minimum Gasteiger partial charge on any atom is -0.374 e. The van der Waals surface area contributed by atoms with E-state index in [2.05, 4.69) is 5.10 Å². The van der Waals surface area contributed by atoms with Crippen molar-refractivity contribution in [2.24, 2.45) is 5.92 Å². The third-order valence-corrected chi connectivity index (χ3v) is 3.88. The van der Waals surface area contributed by atoms with Crippen LogP contribution in [0.2, 0.25) is 0 Å². The number of nitrogens with zero attached hydrogens (tertiary/aromatic N) is 3. The van der Waals surface area contributed by atoms with E-state index >= 15 is 0 Å². The molecule has 1 amide bonds. The molecule has 0 saturated heterocycles. The summed E-state index contributed by atoms with van der Waals surface area (Å²) in [6, 6.07) is 1.90. The molecule has 2 heterocycles. The molecule has 6 heteroatoms. The summed E-state index contributed by atoms with van der Waals surface area (Å²) >= 11 is 0. The van der Waals surface area contributed by atoms with Crippen LogP contribution in [-0.2, 0) is 22.6 Å². The zero-order chi connectivity index (χ0) is 13.9. The van der Waals surface area contributed by atoms with Crippen molar-refractivity contribution in [1.29, 1.82) is 0 Å². The molecule has 0 spiro atoms. The fourth-order valence-electron chi connectivity index (χ4n) is 2.51. The minimum atomic E-state index is -0.609. The molecule has 1 atom stereocenters. The second-order valence-corrected chi connectivity index (χ2v) is 5.62. The first kappa shape index (κ1) is 13.5. The Kier molecular flexibility index (Phi) is 4.00. The summed E-state index contributed by atoms with van der Waals surface area (Å²) in [7, 11) is 0. The topological polar surface area (TPSA) is 47.4 Å². The molecule has 1 unspecified atom stereocenters. The van der Waals surface area contributed by atoms with Gasteiger partial charge in [0.2, 0.25) is 5.91 Å². The summed E-state index contributed by atoms with van der Waals surface area (Å²) in [5, 5.41) is 4.27. The first-order valence-corrected chi connectivity index (χ1v) is 7.22. The van der Waals surface area contributed by atoms with E-state index in [1.165, 1.54) is 12.8 Å². The van der Waals surface area contributed by atoms with Crippen molar-refractivity contribution >= 4 is 5.91 Å². The zero-order valence-electron chi connectivity index (χ0n) is 11.5. The summed E-state index contributed by atoms with van der Waals surface area (Å²) in [5.41, 5.74) is 0.981. The highest BCUT2D eigenvalue weighted by molar-refractivity contribution is 5.76. The van der Waals surface area contributed by atoms with E-state index in [0.29, 0.717) is 25.6 Å². The SMILES string of the molecule is O=C(CCF)N1Cc2ccnn2CC(OCC2CC2)C1. The van der Waals surface area contributed by atoms with E-state index in [1.54, 1.807) is 11.1 Å². The van der Waals surface area contributed by atoms with Gasteiger partial charge in [0.05, 0.1) is 38.0 Å². The summed E-state index contributed by atoms with van der Waals surface area (Å²) in [5.74, 6) is 0.535. The average molecular weight is 281 g/mol. The summed E-state index contributed by atoms with van der Waals surface area (Å²) in [6.45, 7) is 1.82. The normalized spacial score (nSPS) is 22.4. The van der Waals surface area contributed by atoms with Crippen molar-refractivity contribution in [3.63, 3.8) is 0 Å². The number of carbonyl (C=O) groups excluding carboxylic acids is 1. The molecular weight excluding hydrogens is 261 g/mol. The van der Waals surface area contributed by atoms with E-state index < -0.39 is 6.67 Å². The fourth-order valence-corrected chi connectivity index (χ4v) is 2.51. The molecule has 1 aromatic heterocycles. The van der Waals surface area contributed by atoms with Gasteiger partial charge in [0.15, 0.2) is 0 Å². The molecule has 0 bridgehead atoms. The molecule has 1 aromatic rings. The number of carbonyl (C=O) groups is 1. The molecule has 110 valence electrons. The fraction of sp³-hybridized carbons (Fsp3) is 0.714. The molecule has 1 aliphatic carbocycles. The number of aromatic nitrogens is 2. The van der Waals surface area contributed by atoms with Crippen LogP contribution in [0, 0.1) is 5.92 Å². The molecule has 0 aromatic carbocycles. The van der Waals surface area contributed by atoms with Crippen LogP contribution in [0.15, 0.2) is 12.3 Å². The van der Waals surface area contributed by atoms with E-state index in [1.807, 2.05) is 10.7 Å². The van der Waals surface area contributed by atoms with E-state index in [4.69, 9.17) is 4.74 Å². The van der Waals surface area contributed by atoms with Gasteiger partial charge in [-0.15, -0.1) is 0 Å². The van der Waals surface area contributed by atoms with Gasteiger partial charge in [0, 0.05) is 19.3 Å². The standard InChI is InChI=1S/C14H20FN3O2/c15-5-3-14(19)17-7-12-4-6-16-18(12)9-13(8-17)20-10-11-1-2-11/h4,6,11,13H,1-3,5,7-10H2. The van der Waals surface area contributed by atoms with Crippen LogP contribution in [0.3, 0.4) is 0 Å². The molecule has 2 aliphatic rings. The van der Waals surface area contributed by atoms with E-state index in [-0.39, 0.29) is 18.4 Å². The molecule has 1 fully saturated rings. The lowest BCUT2D eigenvalue weighted by atomic mass is 10.3. The van der Waals surface area contributed by atoms with Gasteiger partial charge in [-0.3, -0.25) is 13.9 Å². The number of ether oxygens (including phenoxy) is 1. The van der Waals surface area contributed by atoms with Crippen LogP contribution in [0.5, 0.6) is 0 Å². The smallest absolute Gasteiger partial charge is 0.225 e. The number of halogens is 1. The Morgan fingerprint density at radius 3 is 3.05 bits per heavy atom. The first-order valence-electron chi connectivity index (χ1n) is 7.22. The number of rotatable bonds is 5. The Labute approximate surface area is 117 Å². The Balaban J connectivity index is 1.69. The van der Waals surface area contributed by atoms with Crippen LogP contribution in [0.25, 0.3) is 0 Å². The van der Waals surface area contributed by atoms with Gasteiger partial charge >= 0.3 is 0 Å². The highest BCUT2D eigenvalue weighted by Gasteiger charge is 2.28. The van der Waals surface area contributed by atoms with Crippen molar-refractivity contribution in [3.05, 3.63) is 18.0 Å². The molecule has 1 saturated carbocycles. The third kappa shape index (κ3) is 3.17. The van der Waals surface area contributed by atoms with E-state index in [0.717, 1.165) is 12.3 Å². The van der Waals surface area contributed by atoms with Crippen LogP contribution in [0.1, 0.15) is 25.0 Å². The van der Waals surface area contributed by atoms with Gasteiger partial charge in [0.1, 0.15) is 0 Å². The number of hydrogen-bond acceptors (Lipinski definition) is 3. The number of amides is 1. The van der Waals surface area contributed by atoms with E-state index in [9.17, 15) is 9.18 Å². The predicted molar refractivity (Wildman–Crippen MR) is 70.7 cm³/mol. The molecule has 0 N–H and O–H groups in total. The number of fused-ring (bicyclic) bond motifs is 1. The van der Waals surface area contributed by atoms with Gasteiger partial charge in [-0.05, 0) is 24.8 Å². The molecule has 5 nitrogen and oxygen atoms in total. The molecule has 0 radical (unpaired) electrons. The second kappa shape index (κ2) is 5.91. The van der Waals surface area contributed by atoms with Crippen molar-refractivity contribution in [2.75, 3.05) is 19.8 Å². The zero-order valence-corrected chi connectivity index (χ0v) is 11.5. The highest BCUT2D eigenvalue weighted by Crippen LogP contribution is 2.29. The minimum absolute atomic E-state index is 0.0521. The van der Waals surface area contributed by atoms with Gasteiger partial charge < -0.3 is 9.64 Å². The average Bonchev–Trinajstić information content (AvgIpc) is 3.20. The first-order chi connectivity index (χ1) is 9.76. The van der Waals surface area contributed by atoms with Gasteiger partial charge in [0.25, 0.3) is 0 Å². The highest BCUT2D eigenvalue weighted by atomic mass is 19.1. The predicted octanol–water partition coefficient (Wildman–Crippen LogP) is 1.38. The maximum atomic E-state index is 12.4. The monoisotopic (exact) mass is 281 g/mol. The third-order valence-electron chi connectivity index (χ3n) is 3.88. The van der Waals surface area contributed by atoms with Gasteiger partial charge in [-0.1, -0.05) is 0 Å². The maximum Gasteiger partial charge on any atom is 0.225 e. The summed E-state index contributed by atoms with van der Waals surface area (Å²) in [6.07, 6.45) is 4.11. The Morgan fingerprint density at radius 2 is 2.30 bits per heavy atom. The van der Waals surface area contributed by atoms with Crippen LogP contribution in [-0.4, -0.2) is 46.5 Å². The molecule has 20 heavy (non-hydrogen) atoms. The Bertz CT molecular complexity index is 473. The van der Waals surface area contributed by atoms with Gasteiger partial charge in [-0.2, -0.15) is 5.10 Å².